The molecule has 2 N–H and O–H groups in total. The Morgan fingerprint density at radius 1 is 1.03 bits per heavy atom. The molecule has 0 aliphatic heterocycles. The van der Waals surface area contributed by atoms with Gasteiger partial charge < -0.3 is 5.73 Å². The molecule has 0 atom stereocenters. The fourth-order valence-corrected chi connectivity index (χ4v) is 4.54. The number of carbonyl (C=O) groups is 1. The van der Waals surface area contributed by atoms with Crippen LogP contribution in [0.2, 0.25) is 0 Å². The highest BCUT2D eigenvalue weighted by Gasteiger charge is 2.23. The highest BCUT2D eigenvalue weighted by molar-refractivity contribution is 7.99. The summed E-state index contributed by atoms with van der Waals surface area (Å²) in [6.07, 6.45) is 0. The molecule has 0 amide bonds. The van der Waals surface area contributed by atoms with Crippen LogP contribution < -0.4 is 17.0 Å². The first-order chi connectivity index (χ1) is 16.3. The van der Waals surface area contributed by atoms with Crippen LogP contribution >= 0.6 is 11.8 Å². The highest BCUT2D eigenvalue weighted by atomic mass is 32.2. The molecule has 2 heterocycles. The van der Waals surface area contributed by atoms with E-state index in [4.69, 9.17) is 5.73 Å². The minimum absolute atomic E-state index is 0.0903. The molecule has 0 aliphatic carbocycles. The van der Waals surface area contributed by atoms with Crippen molar-refractivity contribution in [2.45, 2.75) is 25.5 Å². The molecule has 2 aromatic heterocycles. The van der Waals surface area contributed by atoms with Crippen molar-refractivity contribution >= 4 is 23.4 Å². The van der Waals surface area contributed by atoms with E-state index in [0.717, 1.165) is 33.1 Å². The maximum Gasteiger partial charge on any atom is 0.332 e. The highest BCUT2D eigenvalue weighted by Crippen LogP contribution is 2.23. The second-order valence-corrected chi connectivity index (χ2v) is 8.84. The Hall–Kier alpha value is -3.92. The standard InChI is InChI=1S/C24H24N6O3S/c1-15-8-7-11-18(12-15)30-16(2)26-27-23(30)34-14-19(31)20-21(25)29(24(33)28(3)22(20)32)13-17-9-5-4-6-10-17/h4-12H,13-14,25H2,1-3H3. The number of hydrogen-bond acceptors (Lipinski definition) is 7. The number of carbonyl (C=O) groups excluding carboxylic acids is 1. The van der Waals surface area contributed by atoms with Crippen molar-refractivity contribution in [1.29, 1.82) is 0 Å². The molecule has 174 valence electrons. The average Bonchev–Trinajstić information content (AvgIpc) is 3.20. The van der Waals surface area contributed by atoms with E-state index < -0.39 is 17.0 Å². The Bertz CT molecular complexity index is 1490. The van der Waals surface area contributed by atoms with Crippen LogP contribution in [-0.2, 0) is 13.6 Å². The zero-order valence-corrected chi connectivity index (χ0v) is 19.9. The molecule has 0 unspecified atom stereocenters. The summed E-state index contributed by atoms with van der Waals surface area (Å²) in [5, 5.41) is 8.85. The number of aromatic nitrogens is 5. The van der Waals surface area contributed by atoms with Crippen LogP contribution in [0.5, 0.6) is 0 Å². The lowest BCUT2D eigenvalue weighted by atomic mass is 10.2. The lowest BCUT2D eigenvalue weighted by Gasteiger charge is -2.15. The molecule has 0 saturated heterocycles. The van der Waals surface area contributed by atoms with Gasteiger partial charge in [-0.05, 0) is 37.1 Å². The van der Waals surface area contributed by atoms with Crippen LogP contribution in [0.1, 0.15) is 27.3 Å². The summed E-state index contributed by atoms with van der Waals surface area (Å²) >= 11 is 1.16. The average molecular weight is 477 g/mol. The maximum absolute atomic E-state index is 13.1. The minimum Gasteiger partial charge on any atom is -0.384 e. The van der Waals surface area contributed by atoms with Crippen molar-refractivity contribution in [3.63, 3.8) is 0 Å². The van der Waals surface area contributed by atoms with Crippen molar-refractivity contribution in [3.8, 4) is 5.69 Å². The van der Waals surface area contributed by atoms with Crippen molar-refractivity contribution in [2.24, 2.45) is 7.05 Å². The third-order valence-corrected chi connectivity index (χ3v) is 6.36. The first-order valence-electron chi connectivity index (χ1n) is 10.6. The molecular formula is C24H24N6O3S. The zero-order chi connectivity index (χ0) is 24.4. The smallest absolute Gasteiger partial charge is 0.332 e. The number of aryl methyl sites for hydroxylation is 2. The van der Waals surface area contributed by atoms with Crippen LogP contribution in [0.3, 0.4) is 0 Å². The number of ketones is 1. The predicted octanol–water partition coefficient (Wildman–Crippen LogP) is 2.35. The van der Waals surface area contributed by atoms with Gasteiger partial charge in [0.05, 0.1) is 12.3 Å². The number of nitrogen functional groups attached to an aromatic ring is 1. The largest absolute Gasteiger partial charge is 0.384 e. The van der Waals surface area contributed by atoms with E-state index in [0.29, 0.717) is 11.0 Å². The SMILES string of the molecule is Cc1cccc(-n2c(C)nnc2SCC(=O)c2c(N)n(Cc3ccccc3)c(=O)n(C)c2=O)c1. The van der Waals surface area contributed by atoms with Gasteiger partial charge in [-0.1, -0.05) is 54.2 Å². The Morgan fingerprint density at radius 2 is 1.76 bits per heavy atom. The van der Waals surface area contributed by atoms with Crippen molar-refractivity contribution in [2.75, 3.05) is 11.5 Å². The van der Waals surface area contributed by atoms with E-state index in [1.165, 1.54) is 11.6 Å². The van der Waals surface area contributed by atoms with Crippen LogP contribution in [0.4, 0.5) is 5.82 Å². The molecule has 0 saturated carbocycles. The Balaban J connectivity index is 1.65. The van der Waals surface area contributed by atoms with Crippen LogP contribution in [0, 0.1) is 13.8 Å². The van der Waals surface area contributed by atoms with Gasteiger partial charge in [-0.2, -0.15) is 0 Å². The first-order valence-corrected chi connectivity index (χ1v) is 11.5. The third-order valence-electron chi connectivity index (χ3n) is 5.43. The molecule has 0 fully saturated rings. The second kappa shape index (κ2) is 9.52. The molecule has 0 aliphatic rings. The number of benzene rings is 2. The van der Waals surface area contributed by atoms with E-state index in [1.807, 2.05) is 73.0 Å². The van der Waals surface area contributed by atoms with Crippen molar-refractivity contribution < 1.29 is 4.79 Å². The molecule has 0 spiro atoms. The minimum atomic E-state index is -0.714. The summed E-state index contributed by atoms with van der Waals surface area (Å²) < 4.78 is 4.01. The summed E-state index contributed by atoms with van der Waals surface area (Å²) in [5.41, 5.74) is 7.48. The summed E-state index contributed by atoms with van der Waals surface area (Å²) in [6.45, 7) is 3.96. The van der Waals surface area contributed by atoms with E-state index in [1.54, 1.807) is 0 Å². The number of anilines is 1. The van der Waals surface area contributed by atoms with Gasteiger partial charge in [0, 0.05) is 12.7 Å². The lowest BCUT2D eigenvalue weighted by Crippen LogP contribution is -2.43. The van der Waals surface area contributed by atoms with Gasteiger partial charge in [0.15, 0.2) is 10.9 Å². The van der Waals surface area contributed by atoms with Crippen molar-refractivity contribution in [1.82, 2.24) is 23.9 Å². The van der Waals surface area contributed by atoms with Crippen LogP contribution in [-0.4, -0.2) is 35.4 Å². The third kappa shape index (κ3) is 4.44. The van der Waals surface area contributed by atoms with E-state index in [-0.39, 0.29) is 23.7 Å². The first kappa shape index (κ1) is 23.2. The van der Waals surface area contributed by atoms with E-state index in [9.17, 15) is 14.4 Å². The molecule has 4 aromatic rings. The number of Topliss-reactive ketones (excluding diaryl/α,β-unsaturated/α-hetero) is 1. The maximum atomic E-state index is 13.1. The molecule has 2 aromatic carbocycles. The van der Waals surface area contributed by atoms with Crippen LogP contribution in [0.25, 0.3) is 5.69 Å². The van der Waals surface area contributed by atoms with Gasteiger partial charge in [0.1, 0.15) is 17.2 Å². The predicted molar refractivity (Wildman–Crippen MR) is 132 cm³/mol. The Morgan fingerprint density at radius 3 is 2.47 bits per heavy atom. The lowest BCUT2D eigenvalue weighted by molar-refractivity contribution is 0.102. The quantitative estimate of drug-likeness (QED) is 0.321. The van der Waals surface area contributed by atoms with E-state index >= 15 is 0 Å². The Kier molecular flexibility index (Phi) is 6.51. The normalized spacial score (nSPS) is 11.0. The molecule has 0 bridgehead atoms. The Labute approximate surface area is 199 Å². The second-order valence-electron chi connectivity index (χ2n) is 7.89. The number of nitrogens with zero attached hydrogens (tertiary/aromatic N) is 5. The monoisotopic (exact) mass is 476 g/mol. The molecule has 9 nitrogen and oxygen atoms in total. The summed E-state index contributed by atoms with van der Waals surface area (Å²) in [5.74, 6) is -0.0416. The molecule has 34 heavy (non-hydrogen) atoms. The van der Waals surface area contributed by atoms with Crippen molar-refractivity contribution in [3.05, 3.63) is 98.0 Å². The van der Waals surface area contributed by atoms with Gasteiger partial charge in [-0.25, -0.2) is 4.79 Å². The molecule has 4 rings (SSSR count). The number of rotatable bonds is 7. The molecular weight excluding hydrogens is 452 g/mol. The van der Waals surface area contributed by atoms with Gasteiger partial charge in [0.25, 0.3) is 5.56 Å². The van der Waals surface area contributed by atoms with Gasteiger partial charge in [-0.3, -0.25) is 23.3 Å². The summed E-state index contributed by atoms with van der Waals surface area (Å²) in [6, 6.07) is 17.1. The van der Waals surface area contributed by atoms with Crippen LogP contribution in [0.15, 0.2) is 69.3 Å². The summed E-state index contributed by atoms with van der Waals surface area (Å²) in [4.78, 5) is 38.7. The summed E-state index contributed by atoms with van der Waals surface area (Å²) in [7, 11) is 1.34. The fraction of sp³-hybridized carbons (Fsp3) is 0.208. The zero-order valence-electron chi connectivity index (χ0n) is 19.1. The number of hydrogen-bond donors (Lipinski definition) is 1. The number of nitrogens with two attached hydrogens (primary N) is 1. The topological polar surface area (TPSA) is 118 Å². The molecule has 10 heteroatoms. The molecule has 0 radical (unpaired) electrons. The van der Waals surface area contributed by atoms with E-state index in [2.05, 4.69) is 10.2 Å². The number of thioether (sulfide) groups is 1. The fourth-order valence-electron chi connectivity index (χ4n) is 3.67. The van der Waals surface area contributed by atoms with Gasteiger partial charge in [-0.15, -0.1) is 10.2 Å². The van der Waals surface area contributed by atoms with Gasteiger partial charge in [0.2, 0.25) is 0 Å². The van der Waals surface area contributed by atoms with Gasteiger partial charge >= 0.3 is 5.69 Å².